The van der Waals surface area contributed by atoms with Gasteiger partial charge in [0.15, 0.2) is 5.13 Å². The molecule has 39 heavy (non-hydrogen) atoms. The van der Waals surface area contributed by atoms with Crippen molar-refractivity contribution in [3.8, 4) is 0 Å². The molecule has 0 aliphatic carbocycles. The van der Waals surface area contributed by atoms with Crippen molar-refractivity contribution in [3.63, 3.8) is 0 Å². The number of thiazole rings is 1. The van der Waals surface area contributed by atoms with Gasteiger partial charge < -0.3 is 4.74 Å². The molecule has 0 atom stereocenters. The number of fused-ring (bicyclic) bond motifs is 1. The summed E-state index contributed by atoms with van der Waals surface area (Å²) in [6.45, 7) is 11.6. The quantitative estimate of drug-likeness (QED) is 0.286. The van der Waals surface area contributed by atoms with Crippen molar-refractivity contribution in [3.05, 3.63) is 53.6 Å². The Morgan fingerprint density at radius 3 is 2.44 bits per heavy atom. The van der Waals surface area contributed by atoms with E-state index in [1.165, 1.54) is 15.6 Å². The lowest BCUT2D eigenvalue weighted by Gasteiger charge is -2.27. The van der Waals surface area contributed by atoms with Crippen LogP contribution >= 0.6 is 11.3 Å². The molecule has 0 saturated carbocycles. The number of hydrogen-bond donors (Lipinski definition) is 0. The number of nitrogens with zero attached hydrogens (tertiary/aromatic N) is 4. The second kappa shape index (κ2) is 13.8. The van der Waals surface area contributed by atoms with Crippen molar-refractivity contribution < 1.29 is 17.9 Å². The third-order valence-electron chi connectivity index (χ3n) is 7.16. The Balaban J connectivity index is 1.58. The maximum Gasteiger partial charge on any atom is 0.260 e. The highest BCUT2D eigenvalue weighted by atomic mass is 32.2. The van der Waals surface area contributed by atoms with Crippen LogP contribution in [0.3, 0.4) is 0 Å². The minimum atomic E-state index is -3.61. The number of hydrogen-bond acceptors (Lipinski definition) is 7. The summed E-state index contributed by atoms with van der Waals surface area (Å²) in [7, 11) is -3.61. The van der Waals surface area contributed by atoms with E-state index in [0.717, 1.165) is 74.3 Å². The van der Waals surface area contributed by atoms with E-state index in [4.69, 9.17) is 9.72 Å². The van der Waals surface area contributed by atoms with Gasteiger partial charge in [-0.2, -0.15) is 4.31 Å². The fourth-order valence-electron chi connectivity index (χ4n) is 4.81. The van der Waals surface area contributed by atoms with Gasteiger partial charge in [0.05, 0.1) is 28.3 Å². The molecule has 2 aromatic carbocycles. The number of carbonyl (C=O) groups is 1. The Kier molecular flexibility index (Phi) is 10.5. The number of aryl methyl sites for hydroxylation is 1. The van der Waals surface area contributed by atoms with E-state index in [0.29, 0.717) is 30.3 Å². The molecule has 1 saturated heterocycles. The summed E-state index contributed by atoms with van der Waals surface area (Å²) in [5.74, 6) is -0.170. The number of para-hydroxylation sites is 1. The first-order valence-electron chi connectivity index (χ1n) is 14.0. The zero-order valence-corrected chi connectivity index (χ0v) is 24.9. The van der Waals surface area contributed by atoms with Crippen LogP contribution in [0.1, 0.15) is 56.0 Å². The van der Waals surface area contributed by atoms with Gasteiger partial charge in [0, 0.05) is 44.8 Å². The minimum absolute atomic E-state index is 0.170. The number of benzene rings is 2. The Hall–Kier alpha value is -2.37. The molecule has 0 N–H and O–H groups in total. The molecule has 1 aromatic heterocycles. The molecule has 212 valence electrons. The van der Waals surface area contributed by atoms with Crippen molar-refractivity contribution >= 4 is 42.6 Å². The molecule has 1 amide bonds. The van der Waals surface area contributed by atoms with E-state index in [1.54, 1.807) is 29.2 Å². The van der Waals surface area contributed by atoms with Crippen molar-refractivity contribution in [2.75, 3.05) is 57.4 Å². The molecule has 0 spiro atoms. The Morgan fingerprint density at radius 2 is 1.77 bits per heavy atom. The number of sulfonamides is 1. The molecule has 1 fully saturated rings. The average molecular weight is 573 g/mol. The van der Waals surface area contributed by atoms with Crippen molar-refractivity contribution in [2.24, 2.45) is 0 Å². The van der Waals surface area contributed by atoms with Crippen LogP contribution in [-0.4, -0.2) is 81.0 Å². The summed E-state index contributed by atoms with van der Waals surface area (Å²) in [5, 5.41) is 0.672. The third kappa shape index (κ3) is 7.05. The van der Waals surface area contributed by atoms with Crippen LogP contribution in [0.25, 0.3) is 10.2 Å². The summed E-state index contributed by atoms with van der Waals surface area (Å²) < 4.78 is 34.4. The van der Waals surface area contributed by atoms with E-state index >= 15 is 0 Å². The summed E-state index contributed by atoms with van der Waals surface area (Å²) in [6, 6.07) is 12.5. The molecular weight excluding hydrogens is 532 g/mol. The molecule has 10 heteroatoms. The average Bonchev–Trinajstić information content (AvgIpc) is 3.40. The maximum absolute atomic E-state index is 13.9. The van der Waals surface area contributed by atoms with E-state index < -0.39 is 10.0 Å². The molecule has 0 radical (unpaired) electrons. The summed E-state index contributed by atoms with van der Waals surface area (Å²) in [6.07, 6.45) is 3.41. The summed E-state index contributed by atoms with van der Waals surface area (Å²) in [4.78, 5) is 23.1. The molecule has 0 bridgehead atoms. The van der Waals surface area contributed by atoms with Gasteiger partial charge in [0.1, 0.15) is 0 Å². The van der Waals surface area contributed by atoms with E-state index in [2.05, 4.69) is 17.9 Å². The number of carbonyl (C=O) groups excluding carboxylic acids is 1. The molecule has 1 aliphatic heterocycles. The molecule has 1 aliphatic rings. The zero-order valence-electron chi connectivity index (χ0n) is 23.3. The Morgan fingerprint density at radius 1 is 1.03 bits per heavy atom. The Labute approximate surface area is 236 Å². The van der Waals surface area contributed by atoms with Gasteiger partial charge in [-0.1, -0.05) is 50.7 Å². The van der Waals surface area contributed by atoms with Gasteiger partial charge in [-0.05, 0) is 55.2 Å². The van der Waals surface area contributed by atoms with Crippen LogP contribution < -0.4 is 4.90 Å². The van der Waals surface area contributed by atoms with Crippen molar-refractivity contribution in [1.29, 1.82) is 0 Å². The number of anilines is 1. The standard InChI is InChI=1S/C29H40N4O4S2/c1-4-7-17-32(6-3)39(35,36)25-14-12-24(13-15-25)28(34)33(18-9-16-31-19-21-37-22-20-31)29-30-27-23(5-2)10-8-11-26(27)38-29/h8,10-15H,4-7,9,16-22H2,1-3H3. The van der Waals surface area contributed by atoms with Crippen LogP contribution in [0, 0.1) is 0 Å². The van der Waals surface area contributed by atoms with Gasteiger partial charge in [0.25, 0.3) is 5.91 Å². The lowest BCUT2D eigenvalue weighted by atomic mass is 10.1. The van der Waals surface area contributed by atoms with Gasteiger partial charge in [-0.25, -0.2) is 13.4 Å². The monoisotopic (exact) mass is 572 g/mol. The van der Waals surface area contributed by atoms with Gasteiger partial charge in [0.2, 0.25) is 10.0 Å². The fraction of sp³-hybridized carbons (Fsp3) is 0.517. The first-order chi connectivity index (χ1) is 18.9. The summed E-state index contributed by atoms with van der Waals surface area (Å²) >= 11 is 1.52. The highest BCUT2D eigenvalue weighted by molar-refractivity contribution is 7.89. The first kappa shape index (κ1) is 29.6. The second-order valence-corrected chi connectivity index (χ2v) is 12.7. The molecule has 3 aromatic rings. The predicted molar refractivity (Wildman–Crippen MR) is 158 cm³/mol. The smallest absolute Gasteiger partial charge is 0.260 e. The van der Waals surface area contributed by atoms with Gasteiger partial charge >= 0.3 is 0 Å². The molecular formula is C29H40N4O4S2. The van der Waals surface area contributed by atoms with Gasteiger partial charge in [-0.15, -0.1) is 0 Å². The van der Waals surface area contributed by atoms with Crippen molar-refractivity contribution in [1.82, 2.24) is 14.2 Å². The highest BCUT2D eigenvalue weighted by Crippen LogP contribution is 2.32. The van der Waals surface area contributed by atoms with Crippen LogP contribution in [-0.2, 0) is 21.2 Å². The summed E-state index contributed by atoms with van der Waals surface area (Å²) in [5.41, 5.74) is 2.56. The van der Waals surface area contributed by atoms with E-state index in [-0.39, 0.29) is 10.8 Å². The Bertz CT molecular complexity index is 1340. The van der Waals surface area contributed by atoms with E-state index in [1.807, 2.05) is 26.0 Å². The SMILES string of the molecule is CCCCN(CC)S(=O)(=O)c1ccc(C(=O)N(CCCN2CCOCC2)c2nc3c(CC)cccc3s2)cc1. The third-order valence-corrected chi connectivity index (χ3v) is 10.2. The number of rotatable bonds is 13. The molecule has 0 unspecified atom stereocenters. The predicted octanol–water partition coefficient (Wildman–Crippen LogP) is 5.04. The lowest BCUT2D eigenvalue weighted by Crippen LogP contribution is -2.39. The number of unbranched alkanes of at least 4 members (excludes halogenated alkanes) is 1. The minimum Gasteiger partial charge on any atom is -0.379 e. The van der Waals surface area contributed by atoms with Crippen molar-refractivity contribution in [2.45, 2.75) is 51.3 Å². The fourth-order valence-corrected chi connectivity index (χ4v) is 7.34. The second-order valence-electron chi connectivity index (χ2n) is 9.75. The normalized spacial score (nSPS) is 14.8. The number of amides is 1. The van der Waals surface area contributed by atoms with E-state index in [9.17, 15) is 13.2 Å². The van der Waals surface area contributed by atoms with Gasteiger partial charge in [-0.3, -0.25) is 14.6 Å². The first-order valence-corrected chi connectivity index (χ1v) is 16.2. The largest absolute Gasteiger partial charge is 0.379 e. The number of morpholine rings is 1. The molecule has 2 heterocycles. The number of ether oxygens (including phenoxy) is 1. The molecule has 8 nitrogen and oxygen atoms in total. The van der Waals surface area contributed by atoms with Crippen LogP contribution in [0.4, 0.5) is 5.13 Å². The van der Waals surface area contributed by atoms with Crippen LogP contribution in [0.15, 0.2) is 47.4 Å². The molecule has 4 rings (SSSR count). The van der Waals surface area contributed by atoms with Crippen LogP contribution in [0.2, 0.25) is 0 Å². The highest BCUT2D eigenvalue weighted by Gasteiger charge is 2.25. The maximum atomic E-state index is 13.9. The number of aromatic nitrogens is 1. The topological polar surface area (TPSA) is 83.1 Å². The zero-order chi connectivity index (χ0) is 27.8. The van der Waals surface area contributed by atoms with Crippen LogP contribution in [0.5, 0.6) is 0 Å². The lowest BCUT2D eigenvalue weighted by molar-refractivity contribution is 0.0376.